The van der Waals surface area contributed by atoms with Crippen molar-refractivity contribution in [2.45, 2.75) is 62.2 Å². The second-order valence-electron chi connectivity index (χ2n) is 20.5. The predicted molar refractivity (Wildman–Crippen MR) is 272 cm³/mol. The highest BCUT2D eigenvalue weighted by atomic mass is 35.5. The molecule has 6 fully saturated rings. The summed E-state index contributed by atoms with van der Waals surface area (Å²) in [6.07, 6.45) is 9.74. The van der Waals surface area contributed by atoms with Crippen molar-refractivity contribution in [2.24, 2.45) is 5.41 Å². The van der Waals surface area contributed by atoms with Crippen LogP contribution in [0.2, 0.25) is 5.02 Å². The van der Waals surface area contributed by atoms with E-state index in [1.807, 2.05) is 24.3 Å². The number of pyridine rings is 2. The highest BCUT2D eigenvalue weighted by molar-refractivity contribution is 6.33. The number of nitrogens with one attached hydrogen (secondary N) is 2. The van der Waals surface area contributed by atoms with Crippen LogP contribution in [0.3, 0.4) is 0 Å². The van der Waals surface area contributed by atoms with Crippen LogP contribution >= 0.6 is 11.6 Å². The van der Waals surface area contributed by atoms with Gasteiger partial charge in [-0.3, -0.25) is 14.8 Å². The number of ether oxygens (including phenoxy) is 5. The number of hydrogen-bond acceptors (Lipinski definition) is 16. The number of aromatic amines is 1. The Morgan fingerprint density at radius 3 is 2.41 bits per heavy atom. The highest BCUT2D eigenvalue weighted by Gasteiger charge is 2.49. The standard InChI is InChI=1S/C54H53ClF2N10O7/c1-2-35-39(56)10-5-30-19-33(68)20-36(43(30)35)46-44(57)47-37(22-58-46)51(67-23-31-6-7-32(24-67)59-31)64-52(62-47)71-18-16-66-14-12-54(28-66)11-13-65(27-54)15-17-70-34-8-3-29(4-9-34)45-38(55)21-40-50(61-45)63-53(60-40)74-42-26-73-48-41(69)25-72-49(42)48/h1,3-5,8-10,19-22,31-32,41-42,48-49,59,68-69H,6-7,11-18,23-28H2,(H,60,61,63)/t31-,32+,41-,42-,48-,49-,54+/m1/s1. The molecule has 0 amide bonds. The first-order valence-corrected chi connectivity index (χ1v) is 25.7. The Morgan fingerprint density at radius 2 is 1.64 bits per heavy atom. The molecule has 0 radical (unpaired) electrons. The first kappa shape index (κ1) is 47.2. The fourth-order valence-corrected chi connectivity index (χ4v) is 12.4. The largest absolute Gasteiger partial charge is 0.508 e. The molecule has 7 aromatic rings. The third-order valence-electron chi connectivity index (χ3n) is 15.7. The summed E-state index contributed by atoms with van der Waals surface area (Å²) in [5.74, 6) is 2.19. The Hall–Kier alpha value is -6.50. The number of hydrogen-bond donors (Lipinski definition) is 4. The summed E-state index contributed by atoms with van der Waals surface area (Å²) < 4.78 is 62.0. The molecule has 0 saturated carbocycles. The molecule has 10 heterocycles. The van der Waals surface area contributed by atoms with Crippen LogP contribution in [0.5, 0.6) is 23.5 Å². The number of likely N-dealkylation sites (tertiary alicyclic amines) is 2. The number of nitrogens with zero attached hydrogens (tertiary/aromatic N) is 8. The lowest BCUT2D eigenvalue weighted by atomic mass is 9.86. The third-order valence-corrected chi connectivity index (χ3v) is 16.0. The number of rotatable bonds is 13. The Bertz CT molecular complexity index is 3350. The Kier molecular flexibility index (Phi) is 12.1. The molecule has 382 valence electrons. The van der Waals surface area contributed by atoms with Gasteiger partial charge in [-0.1, -0.05) is 23.6 Å². The average Bonchev–Trinajstić information content (AvgIpc) is 4.28. The van der Waals surface area contributed by atoms with Crippen LogP contribution in [-0.2, 0) is 9.47 Å². The molecule has 1 spiro atoms. The SMILES string of the molecule is C#Cc1c(F)ccc2cc(O)cc(-c3ncc4c(N5C[C@H]6CC[C@@H](C5)N6)nc(OCCN5CC[C@]6(CCN(CCOc7ccc(-c8nc9nc(O[C@@H]%10CO[C@H]%11[C@@H]%10OC[C@H]%11O)[nH]c9cc8Cl)cc7)C6)C5)nc4c3F)c12. The molecule has 13 rings (SSSR count). The van der Waals surface area contributed by atoms with E-state index in [9.17, 15) is 10.2 Å². The molecule has 0 aliphatic carbocycles. The number of aromatic nitrogens is 6. The lowest BCUT2D eigenvalue weighted by Crippen LogP contribution is -2.51. The van der Waals surface area contributed by atoms with Crippen molar-refractivity contribution in [1.29, 1.82) is 0 Å². The number of terminal acetylenes is 1. The van der Waals surface area contributed by atoms with Crippen molar-refractivity contribution in [3.63, 3.8) is 0 Å². The number of imidazole rings is 1. The van der Waals surface area contributed by atoms with Crippen molar-refractivity contribution in [2.75, 3.05) is 83.7 Å². The summed E-state index contributed by atoms with van der Waals surface area (Å²) >= 11 is 6.72. The van der Waals surface area contributed by atoms with Crippen molar-refractivity contribution >= 4 is 50.3 Å². The molecule has 2 bridgehead atoms. The van der Waals surface area contributed by atoms with Gasteiger partial charge < -0.3 is 49.1 Å². The molecule has 74 heavy (non-hydrogen) atoms. The minimum atomic E-state index is -0.745. The maximum atomic E-state index is 17.1. The molecule has 4 N–H and O–H groups in total. The highest BCUT2D eigenvalue weighted by Crippen LogP contribution is 2.42. The molecule has 17 nitrogen and oxygen atoms in total. The molecule has 3 aromatic carbocycles. The summed E-state index contributed by atoms with van der Waals surface area (Å²) in [7, 11) is 0. The van der Waals surface area contributed by atoms with Crippen molar-refractivity contribution in [1.82, 2.24) is 45.0 Å². The van der Waals surface area contributed by atoms with Gasteiger partial charge in [0.15, 0.2) is 17.6 Å². The maximum Gasteiger partial charge on any atom is 0.319 e. The lowest BCUT2D eigenvalue weighted by Gasteiger charge is -2.34. The van der Waals surface area contributed by atoms with E-state index in [-0.39, 0.29) is 82.3 Å². The zero-order valence-electron chi connectivity index (χ0n) is 40.3. The van der Waals surface area contributed by atoms with E-state index in [2.05, 4.69) is 45.9 Å². The van der Waals surface area contributed by atoms with E-state index in [0.717, 1.165) is 69.7 Å². The Balaban J connectivity index is 0.633. The van der Waals surface area contributed by atoms with Crippen molar-refractivity contribution < 1.29 is 42.7 Å². The molecule has 6 saturated heterocycles. The second kappa shape index (κ2) is 19.0. The van der Waals surface area contributed by atoms with E-state index in [1.54, 1.807) is 12.3 Å². The van der Waals surface area contributed by atoms with Crippen LogP contribution in [0.25, 0.3) is 55.4 Å². The minimum Gasteiger partial charge on any atom is -0.508 e. The molecule has 7 atom stereocenters. The van der Waals surface area contributed by atoms with Crippen molar-refractivity contribution in [3.05, 3.63) is 83.0 Å². The molecule has 6 aliphatic rings. The Labute approximate surface area is 429 Å². The number of halogens is 3. The quantitative estimate of drug-likeness (QED) is 0.0969. The zero-order valence-corrected chi connectivity index (χ0v) is 41.0. The van der Waals surface area contributed by atoms with Gasteiger partial charge in [-0.15, -0.1) is 6.42 Å². The van der Waals surface area contributed by atoms with Crippen LogP contribution < -0.4 is 24.4 Å². The smallest absolute Gasteiger partial charge is 0.319 e. The second-order valence-corrected chi connectivity index (χ2v) is 20.9. The first-order valence-electron chi connectivity index (χ1n) is 25.3. The number of fused-ring (bicyclic) bond motifs is 6. The van der Waals surface area contributed by atoms with Crippen LogP contribution in [0.4, 0.5) is 14.6 Å². The number of anilines is 1. The number of benzene rings is 3. The average molecular weight is 1030 g/mol. The Morgan fingerprint density at radius 1 is 0.878 bits per heavy atom. The molecular weight excluding hydrogens is 974 g/mol. The molecule has 6 aliphatic heterocycles. The topological polar surface area (TPSA) is 189 Å². The fraction of sp³-hybridized carbons (Fsp3) is 0.426. The molecule has 20 heteroatoms. The maximum absolute atomic E-state index is 17.1. The van der Waals surface area contributed by atoms with Crippen LogP contribution in [-0.4, -0.2) is 165 Å². The number of aromatic hydroxyl groups is 1. The number of aliphatic hydroxyl groups is 1. The summed E-state index contributed by atoms with van der Waals surface area (Å²) in [5, 5.41) is 26.0. The molecular formula is C54H53ClF2N10O7. The lowest BCUT2D eigenvalue weighted by molar-refractivity contribution is 0.00706. The van der Waals surface area contributed by atoms with Gasteiger partial charge in [0.25, 0.3) is 6.01 Å². The first-order chi connectivity index (χ1) is 36.0. The van der Waals surface area contributed by atoms with Crippen LogP contribution in [0, 0.1) is 29.4 Å². The van der Waals surface area contributed by atoms with Gasteiger partial charge in [0.1, 0.15) is 65.9 Å². The van der Waals surface area contributed by atoms with Crippen LogP contribution in [0.15, 0.2) is 60.8 Å². The summed E-state index contributed by atoms with van der Waals surface area (Å²) in [4.78, 5) is 33.6. The number of piperazine rings is 1. The van der Waals surface area contributed by atoms with Crippen molar-refractivity contribution in [3.8, 4) is 58.4 Å². The number of phenols is 1. The summed E-state index contributed by atoms with van der Waals surface area (Å²) in [6.45, 7) is 8.05. The number of H-pyrrole nitrogens is 1. The van der Waals surface area contributed by atoms with Crippen LogP contribution in [0.1, 0.15) is 31.2 Å². The van der Waals surface area contributed by atoms with Gasteiger partial charge in [0.05, 0.1) is 40.4 Å². The van der Waals surface area contributed by atoms with Gasteiger partial charge in [-0.2, -0.15) is 15.0 Å². The summed E-state index contributed by atoms with van der Waals surface area (Å²) in [6, 6.07) is 16.0. The molecule has 0 unspecified atom stereocenters. The van der Waals surface area contributed by atoms with Gasteiger partial charge in [-0.25, -0.2) is 13.8 Å². The monoisotopic (exact) mass is 1030 g/mol. The number of aliphatic hydroxyl groups excluding tert-OH is 1. The van der Waals surface area contributed by atoms with E-state index < -0.39 is 29.9 Å². The normalized spacial score (nSPS) is 25.7. The minimum absolute atomic E-state index is 0.0209. The zero-order chi connectivity index (χ0) is 50.2. The van der Waals surface area contributed by atoms with E-state index >= 15 is 8.78 Å². The van der Waals surface area contributed by atoms with E-state index in [1.165, 1.54) is 24.3 Å². The summed E-state index contributed by atoms with van der Waals surface area (Å²) in [5.41, 5.74) is 2.70. The fourth-order valence-electron chi connectivity index (χ4n) is 12.1. The van der Waals surface area contributed by atoms with Gasteiger partial charge in [-0.05, 0) is 98.1 Å². The van der Waals surface area contributed by atoms with Gasteiger partial charge in [0, 0.05) is 74.1 Å². The van der Waals surface area contributed by atoms with E-state index in [4.69, 9.17) is 51.7 Å². The van der Waals surface area contributed by atoms with Gasteiger partial charge in [0.2, 0.25) is 0 Å². The van der Waals surface area contributed by atoms with E-state index in [0.29, 0.717) is 71.3 Å². The molecule has 4 aromatic heterocycles. The predicted octanol–water partition coefficient (Wildman–Crippen LogP) is 6.10. The number of phenolic OH excluding ortho intramolecular Hbond substituents is 1. The third kappa shape index (κ3) is 8.75. The van der Waals surface area contributed by atoms with Gasteiger partial charge >= 0.3 is 6.01 Å².